The quantitative estimate of drug-likeness (QED) is 0.722. The molecule has 110 valence electrons. The predicted octanol–water partition coefficient (Wildman–Crippen LogP) is 3.48. The summed E-state index contributed by atoms with van der Waals surface area (Å²) in [7, 11) is 0. The summed E-state index contributed by atoms with van der Waals surface area (Å²) < 4.78 is 0. The third-order valence-corrected chi connectivity index (χ3v) is 3.73. The Hall–Kier alpha value is -1.29. The lowest BCUT2D eigenvalue weighted by molar-refractivity contribution is 0.0953. The zero-order valence-electron chi connectivity index (χ0n) is 11.9. The molecule has 0 radical (unpaired) electrons. The highest BCUT2D eigenvalue weighted by molar-refractivity contribution is 6.33. The van der Waals surface area contributed by atoms with Gasteiger partial charge in [0.15, 0.2) is 0 Å². The van der Waals surface area contributed by atoms with Gasteiger partial charge in [0.1, 0.15) is 5.82 Å². The van der Waals surface area contributed by atoms with Crippen LogP contribution in [0.15, 0.2) is 12.3 Å². The second kappa shape index (κ2) is 7.48. The van der Waals surface area contributed by atoms with E-state index in [9.17, 15) is 4.79 Å². The van der Waals surface area contributed by atoms with Crippen LogP contribution in [0.4, 0.5) is 5.82 Å². The molecule has 1 aromatic rings. The number of pyridine rings is 1. The minimum absolute atomic E-state index is 0.118. The molecule has 0 aromatic carbocycles. The molecule has 0 atom stereocenters. The summed E-state index contributed by atoms with van der Waals surface area (Å²) >= 11 is 6.05. The van der Waals surface area contributed by atoms with Crippen LogP contribution < -0.4 is 10.6 Å². The van der Waals surface area contributed by atoms with E-state index in [0.29, 0.717) is 22.9 Å². The average molecular weight is 296 g/mol. The third-order valence-electron chi connectivity index (χ3n) is 3.43. The van der Waals surface area contributed by atoms with Crippen LogP contribution >= 0.6 is 11.6 Å². The number of carbonyl (C=O) groups is 1. The molecule has 1 aromatic heterocycles. The molecule has 0 bridgehead atoms. The van der Waals surface area contributed by atoms with Gasteiger partial charge in [0, 0.05) is 19.3 Å². The fraction of sp³-hybridized carbons (Fsp3) is 0.600. The van der Waals surface area contributed by atoms with Crippen molar-refractivity contribution in [2.75, 3.05) is 18.4 Å². The highest BCUT2D eigenvalue weighted by Gasteiger charge is 2.20. The Labute approximate surface area is 125 Å². The van der Waals surface area contributed by atoms with E-state index < -0.39 is 0 Å². The summed E-state index contributed by atoms with van der Waals surface area (Å²) in [5.74, 6) is 1.48. The highest BCUT2D eigenvalue weighted by atomic mass is 35.5. The summed E-state index contributed by atoms with van der Waals surface area (Å²) in [4.78, 5) is 16.3. The number of nitrogens with zero attached hydrogens (tertiary/aromatic N) is 1. The molecule has 1 heterocycles. The molecule has 1 saturated carbocycles. The van der Waals surface area contributed by atoms with Crippen LogP contribution in [0.25, 0.3) is 0 Å². The molecule has 1 fully saturated rings. The maximum atomic E-state index is 12.1. The highest BCUT2D eigenvalue weighted by Crippen LogP contribution is 2.33. The number of hydrogen-bond donors (Lipinski definition) is 2. The van der Waals surface area contributed by atoms with Gasteiger partial charge in [-0.2, -0.15) is 0 Å². The molecule has 0 spiro atoms. The smallest absolute Gasteiger partial charge is 0.252 e. The first-order valence-electron chi connectivity index (χ1n) is 7.38. The molecule has 1 amide bonds. The van der Waals surface area contributed by atoms with Crippen molar-refractivity contribution in [1.82, 2.24) is 10.3 Å². The Bertz CT molecular complexity index is 460. The molecule has 0 saturated heterocycles. The van der Waals surface area contributed by atoms with Crippen molar-refractivity contribution in [3.8, 4) is 0 Å². The largest absolute Gasteiger partial charge is 0.370 e. The Balaban J connectivity index is 1.85. The summed E-state index contributed by atoms with van der Waals surface area (Å²) in [6.45, 7) is 3.62. The van der Waals surface area contributed by atoms with Gasteiger partial charge in [0.05, 0.1) is 10.6 Å². The zero-order chi connectivity index (χ0) is 14.4. The van der Waals surface area contributed by atoms with E-state index >= 15 is 0 Å². The van der Waals surface area contributed by atoms with Crippen LogP contribution in [-0.4, -0.2) is 24.0 Å². The molecule has 1 aliphatic carbocycles. The SMILES string of the molecule is CCCNc1cc(C(=O)NCCCC2CC2)c(Cl)cn1. The summed E-state index contributed by atoms with van der Waals surface area (Å²) in [5.41, 5.74) is 0.492. The minimum atomic E-state index is -0.118. The molecule has 0 unspecified atom stereocenters. The first-order valence-corrected chi connectivity index (χ1v) is 7.76. The van der Waals surface area contributed by atoms with Gasteiger partial charge in [-0.25, -0.2) is 4.98 Å². The van der Waals surface area contributed by atoms with Crippen molar-refractivity contribution in [2.24, 2.45) is 5.92 Å². The maximum Gasteiger partial charge on any atom is 0.252 e. The van der Waals surface area contributed by atoms with Gasteiger partial charge in [-0.3, -0.25) is 4.79 Å². The van der Waals surface area contributed by atoms with Gasteiger partial charge in [-0.15, -0.1) is 0 Å². The van der Waals surface area contributed by atoms with Crippen molar-refractivity contribution in [3.63, 3.8) is 0 Å². The van der Waals surface area contributed by atoms with Crippen molar-refractivity contribution < 1.29 is 4.79 Å². The van der Waals surface area contributed by atoms with E-state index in [-0.39, 0.29) is 5.91 Å². The number of hydrogen-bond acceptors (Lipinski definition) is 3. The first kappa shape index (κ1) is 15.1. The average Bonchev–Trinajstić information content (AvgIpc) is 3.26. The van der Waals surface area contributed by atoms with E-state index in [1.54, 1.807) is 6.07 Å². The topological polar surface area (TPSA) is 54.0 Å². The van der Waals surface area contributed by atoms with Crippen molar-refractivity contribution in [3.05, 3.63) is 22.8 Å². The second-order valence-corrected chi connectivity index (χ2v) is 5.72. The van der Waals surface area contributed by atoms with Gasteiger partial charge < -0.3 is 10.6 Å². The fourth-order valence-electron chi connectivity index (χ4n) is 2.06. The van der Waals surface area contributed by atoms with Gasteiger partial charge in [0.2, 0.25) is 0 Å². The molecule has 2 N–H and O–H groups in total. The Morgan fingerprint density at radius 1 is 1.45 bits per heavy atom. The minimum Gasteiger partial charge on any atom is -0.370 e. The maximum absolute atomic E-state index is 12.1. The number of amides is 1. The summed E-state index contributed by atoms with van der Waals surface area (Å²) in [6, 6.07) is 1.72. The van der Waals surface area contributed by atoms with Crippen molar-refractivity contribution >= 4 is 23.3 Å². The number of halogens is 1. The second-order valence-electron chi connectivity index (χ2n) is 5.32. The van der Waals surface area contributed by atoms with Crippen LogP contribution in [-0.2, 0) is 0 Å². The normalized spacial score (nSPS) is 14.1. The van der Waals surface area contributed by atoms with E-state index in [1.807, 2.05) is 0 Å². The van der Waals surface area contributed by atoms with E-state index in [1.165, 1.54) is 25.5 Å². The monoisotopic (exact) mass is 295 g/mol. The van der Waals surface area contributed by atoms with Gasteiger partial charge in [-0.05, 0) is 31.2 Å². The molecule has 4 nitrogen and oxygen atoms in total. The lowest BCUT2D eigenvalue weighted by Crippen LogP contribution is -2.25. The number of nitrogens with one attached hydrogen (secondary N) is 2. The van der Waals surface area contributed by atoms with Crippen LogP contribution in [0.5, 0.6) is 0 Å². The Kier molecular flexibility index (Phi) is 5.65. The molecule has 0 aliphatic heterocycles. The number of carbonyl (C=O) groups excluding carboxylic acids is 1. The summed E-state index contributed by atoms with van der Waals surface area (Å²) in [6.07, 6.45) is 7.51. The molecular formula is C15H22ClN3O. The fourth-order valence-corrected chi connectivity index (χ4v) is 2.25. The van der Waals surface area contributed by atoms with Gasteiger partial charge >= 0.3 is 0 Å². The Morgan fingerprint density at radius 2 is 2.25 bits per heavy atom. The van der Waals surface area contributed by atoms with Crippen molar-refractivity contribution in [1.29, 1.82) is 0 Å². The van der Waals surface area contributed by atoms with Gasteiger partial charge in [-0.1, -0.05) is 31.4 Å². The van der Waals surface area contributed by atoms with Gasteiger partial charge in [0.25, 0.3) is 5.91 Å². The van der Waals surface area contributed by atoms with Crippen LogP contribution in [0, 0.1) is 5.92 Å². The van der Waals surface area contributed by atoms with Crippen LogP contribution in [0.2, 0.25) is 5.02 Å². The van der Waals surface area contributed by atoms with E-state index in [0.717, 1.165) is 25.3 Å². The molecule has 20 heavy (non-hydrogen) atoms. The molecule has 2 rings (SSSR count). The lowest BCUT2D eigenvalue weighted by atomic mass is 10.2. The molecule has 1 aliphatic rings. The number of rotatable bonds is 8. The number of aromatic nitrogens is 1. The zero-order valence-corrected chi connectivity index (χ0v) is 12.7. The summed E-state index contributed by atoms with van der Waals surface area (Å²) in [5, 5.41) is 6.48. The standard InChI is InChI=1S/C15H22ClN3O/c1-2-7-17-14-9-12(13(16)10-19-14)15(20)18-8-3-4-11-5-6-11/h9-11H,2-8H2,1H3,(H,17,19)(H,18,20). The van der Waals surface area contributed by atoms with Crippen LogP contribution in [0.1, 0.15) is 49.4 Å². The van der Waals surface area contributed by atoms with Crippen molar-refractivity contribution in [2.45, 2.75) is 39.0 Å². The first-order chi connectivity index (χ1) is 9.70. The Morgan fingerprint density at radius 3 is 2.95 bits per heavy atom. The van der Waals surface area contributed by atoms with E-state index in [2.05, 4.69) is 22.5 Å². The molecular weight excluding hydrogens is 274 g/mol. The van der Waals surface area contributed by atoms with Crippen LogP contribution in [0.3, 0.4) is 0 Å². The lowest BCUT2D eigenvalue weighted by Gasteiger charge is -2.09. The third kappa shape index (κ3) is 4.67. The van der Waals surface area contributed by atoms with E-state index in [4.69, 9.17) is 11.6 Å². The predicted molar refractivity (Wildman–Crippen MR) is 82.3 cm³/mol. The number of anilines is 1. The molecule has 5 heteroatoms.